The van der Waals surface area contributed by atoms with Crippen LogP contribution in [0.15, 0.2) is 18.2 Å². The molecular formula is C9H7BrO2. The minimum absolute atomic E-state index is 0.0751. The van der Waals surface area contributed by atoms with E-state index in [9.17, 15) is 4.79 Å². The summed E-state index contributed by atoms with van der Waals surface area (Å²) in [7, 11) is 0. The van der Waals surface area contributed by atoms with Gasteiger partial charge >= 0.3 is 0 Å². The molecule has 0 aliphatic carbocycles. The van der Waals surface area contributed by atoms with E-state index in [0.29, 0.717) is 5.56 Å². The molecule has 0 fully saturated rings. The number of ketones is 1. The molecule has 62 valence electrons. The van der Waals surface area contributed by atoms with Gasteiger partial charge in [-0.2, -0.15) is 0 Å². The number of Topliss-reactive ketones (excluding diaryl/α,β-unsaturated/α-hetero) is 1. The predicted molar refractivity (Wildman–Crippen MR) is 48.9 cm³/mol. The Morgan fingerprint density at radius 2 is 2.33 bits per heavy atom. The van der Waals surface area contributed by atoms with Gasteiger partial charge in [-0.1, -0.05) is 22.0 Å². The Bertz CT molecular complexity index is 333. The van der Waals surface area contributed by atoms with Gasteiger partial charge in [-0.15, -0.1) is 0 Å². The van der Waals surface area contributed by atoms with Crippen LogP contribution in [-0.4, -0.2) is 12.4 Å². The standard InChI is InChI=1S/C9H7BrO2/c10-4-6-1-2-7-8(11)5-12-9(7)3-6/h1-3H,4-5H2. The van der Waals surface area contributed by atoms with Gasteiger partial charge in [0, 0.05) is 5.33 Å². The minimum atomic E-state index is 0.0751. The van der Waals surface area contributed by atoms with E-state index in [4.69, 9.17) is 4.74 Å². The van der Waals surface area contributed by atoms with Crippen molar-refractivity contribution in [3.63, 3.8) is 0 Å². The zero-order valence-electron chi connectivity index (χ0n) is 6.34. The fraction of sp³-hybridized carbons (Fsp3) is 0.222. The summed E-state index contributed by atoms with van der Waals surface area (Å²) in [6.07, 6.45) is 0. The molecule has 2 nitrogen and oxygen atoms in total. The van der Waals surface area contributed by atoms with Crippen LogP contribution in [0.3, 0.4) is 0 Å². The van der Waals surface area contributed by atoms with Crippen molar-refractivity contribution in [2.24, 2.45) is 0 Å². The molecule has 1 aromatic carbocycles. The summed E-state index contributed by atoms with van der Waals surface area (Å²) in [6, 6.07) is 5.65. The number of fused-ring (bicyclic) bond motifs is 1. The van der Waals surface area contributed by atoms with Gasteiger partial charge in [0.2, 0.25) is 5.78 Å². The Morgan fingerprint density at radius 1 is 1.50 bits per heavy atom. The van der Waals surface area contributed by atoms with Crippen molar-refractivity contribution in [3.8, 4) is 5.75 Å². The van der Waals surface area contributed by atoms with Gasteiger partial charge in [0.05, 0.1) is 5.56 Å². The Balaban J connectivity index is 2.48. The second kappa shape index (κ2) is 2.90. The van der Waals surface area contributed by atoms with E-state index in [2.05, 4.69) is 15.9 Å². The Kier molecular flexibility index (Phi) is 1.89. The molecule has 2 rings (SSSR count). The molecule has 3 heteroatoms. The topological polar surface area (TPSA) is 26.3 Å². The fourth-order valence-corrected chi connectivity index (χ4v) is 1.57. The van der Waals surface area contributed by atoms with Crippen molar-refractivity contribution in [1.29, 1.82) is 0 Å². The zero-order valence-corrected chi connectivity index (χ0v) is 7.93. The zero-order chi connectivity index (χ0) is 8.55. The lowest BCUT2D eigenvalue weighted by atomic mass is 10.1. The first kappa shape index (κ1) is 7.80. The van der Waals surface area contributed by atoms with E-state index in [1.54, 1.807) is 0 Å². The van der Waals surface area contributed by atoms with Gasteiger partial charge in [-0.25, -0.2) is 0 Å². The number of ether oxygens (including phenoxy) is 1. The predicted octanol–water partition coefficient (Wildman–Crippen LogP) is 2.16. The number of hydrogen-bond donors (Lipinski definition) is 0. The number of benzene rings is 1. The normalized spacial score (nSPS) is 14.2. The number of carbonyl (C=O) groups is 1. The van der Waals surface area contributed by atoms with Gasteiger partial charge in [-0.3, -0.25) is 4.79 Å². The SMILES string of the molecule is O=C1COc2cc(CBr)ccc21. The molecule has 0 N–H and O–H groups in total. The summed E-state index contributed by atoms with van der Waals surface area (Å²) in [4.78, 5) is 11.1. The molecule has 0 spiro atoms. The van der Waals surface area contributed by atoms with Crippen LogP contribution < -0.4 is 4.74 Å². The van der Waals surface area contributed by atoms with Crippen molar-refractivity contribution in [2.45, 2.75) is 5.33 Å². The summed E-state index contributed by atoms with van der Waals surface area (Å²) < 4.78 is 5.18. The molecule has 0 atom stereocenters. The van der Waals surface area contributed by atoms with Crippen LogP contribution >= 0.6 is 15.9 Å². The number of carbonyl (C=O) groups excluding carboxylic acids is 1. The maximum absolute atomic E-state index is 11.1. The minimum Gasteiger partial charge on any atom is -0.485 e. The van der Waals surface area contributed by atoms with Crippen molar-refractivity contribution in [2.75, 3.05) is 6.61 Å². The second-order valence-electron chi connectivity index (χ2n) is 2.68. The smallest absolute Gasteiger partial charge is 0.203 e. The molecule has 1 aliphatic rings. The van der Waals surface area contributed by atoms with Crippen LogP contribution in [0.1, 0.15) is 15.9 Å². The first-order valence-corrected chi connectivity index (χ1v) is 4.78. The van der Waals surface area contributed by atoms with Crippen LogP contribution in [0.4, 0.5) is 0 Å². The summed E-state index contributed by atoms with van der Waals surface area (Å²) in [5, 5.41) is 0.790. The van der Waals surface area contributed by atoms with E-state index in [1.165, 1.54) is 0 Å². The van der Waals surface area contributed by atoms with Crippen molar-refractivity contribution >= 4 is 21.7 Å². The third kappa shape index (κ3) is 1.14. The van der Waals surface area contributed by atoms with Crippen LogP contribution in [0.25, 0.3) is 0 Å². The van der Waals surface area contributed by atoms with E-state index in [1.807, 2.05) is 18.2 Å². The molecule has 0 amide bonds. The number of hydrogen-bond acceptors (Lipinski definition) is 2. The lowest BCUT2D eigenvalue weighted by Gasteiger charge is -1.98. The van der Waals surface area contributed by atoms with E-state index < -0.39 is 0 Å². The average molecular weight is 227 g/mol. The third-order valence-electron chi connectivity index (χ3n) is 1.86. The molecule has 0 radical (unpaired) electrons. The number of rotatable bonds is 1. The van der Waals surface area contributed by atoms with E-state index in [-0.39, 0.29) is 12.4 Å². The first-order valence-electron chi connectivity index (χ1n) is 3.66. The lowest BCUT2D eigenvalue weighted by molar-refractivity contribution is 0.0961. The largest absolute Gasteiger partial charge is 0.485 e. The molecule has 0 aromatic heterocycles. The molecular weight excluding hydrogens is 220 g/mol. The Hall–Kier alpha value is -0.830. The molecule has 1 aromatic rings. The Labute approximate surface area is 78.7 Å². The van der Waals surface area contributed by atoms with Crippen molar-refractivity contribution < 1.29 is 9.53 Å². The van der Waals surface area contributed by atoms with Crippen LogP contribution in [0.5, 0.6) is 5.75 Å². The maximum atomic E-state index is 11.1. The van der Waals surface area contributed by atoms with Crippen molar-refractivity contribution in [1.82, 2.24) is 0 Å². The van der Waals surface area contributed by atoms with Crippen LogP contribution in [0, 0.1) is 0 Å². The van der Waals surface area contributed by atoms with Gasteiger partial charge in [0.25, 0.3) is 0 Å². The summed E-state index contributed by atoms with van der Waals surface area (Å²) in [5.41, 5.74) is 1.84. The third-order valence-corrected chi connectivity index (χ3v) is 2.51. The van der Waals surface area contributed by atoms with Crippen molar-refractivity contribution in [3.05, 3.63) is 29.3 Å². The van der Waals surface area contributed by atoms with Gasteiger partial charge in [-0.05, 0) is 17.7 Å². The molecule has 0 unspecified atom stereocenters. The van der Waals surface area contributed by atoms with Gasteiger partial charge in [0.15, 0.2) is 6.61 Å². The Morgan fingerprint density at radius 3 is 3.08 bits per heavy atom. The van der Waals surface area contributed by atoms with E-state index in [0.717, 1.165) is 16.6 Å². The first-order chi connectivity index (χ1) is 5.81. The molecule has 1 heterocycles. The maximum Gasteiger partial charge on any atom is 0.203 e. The lowest BCUT2D eigenvalue weighted by Crippen LogP contribution is -1.98. The average Bonchev–Trinajstić information content (AvgIpc) is 2.47. The molecule has 0 saturated carbocycles. The highest BCUT2D eigenvalue weighted by Gasteiger charge is 2.20. The monoisotopic (exact) mass is 226 g/mol. The highest BCUT2D eigenvalue weighted by Crippen LogP contribution is 2.26. The quantitative estimate of drug-likeness (QED) is 0.687. The second-order valence-corrected chi connectivity index (χ2v) is 3.24. The van der Waals surface area contributed by atoms with Crippen LogP contribution in [-0.2, 0) is 5.33 Å². The molecule has 0 bridgehead atoms. The van der Waals surface area contributed by atoms with E-state index >= 15 is 0 Å². The summed E-state index contributed by atoms with van der Waals surface area (Å²) in [6.45, 7) is 0.196. The number of alkyl halides is 1. The molecule has 12 heavy (non-hydrogen) atoms. The fourth-order valence-electron chi connectivity index (χ4n) is 1.22. The molecule has 0 saturated heterocycles. The van der Waals surface area contributed by atoms with Crippen LogP contribution in [0.2, 0.25) is 0 Å². The molecule has 1 aliphatic heterocycles. The highest BCUT2D eigenvalue weighted by atomic mass is 79.9. The summed E-state index contributed by atoms with van der Waals surface area (Å²) in [5.74, 6) is 0.795. The summed E-state index contributed by atoms with van der Waals surface area (Å²) >= 11 is 3.34. The van der Waals surface area contributed by atoms with Gasteiger partial charge < -0.3 is 4.74 Å². The number of halogens is 1. The van der Waals surface area contributed by atoms with Gasteiger partial charge in [0.1, 0.15) is 5.75 Å². The highest BCUT2D eigenvalue weighted by molar-refractivity contribution is 9.08.